The van der Waals surface area contributed by atoms with E-state index in [4.69, 9.17) is 5.11 Å². The van der Waals surface area contributed by atoms with Crippen LogP contribution in [0, 0.1) is 6.92 Å². The number of aromatic carboxylic acids is 1. The fourth-order valence-corrected chi connectivity index (χ4v) is 3.60. The summed E-state index contributed by atoms with van der Waals surface area (Å²) in [5, 5.41) is 14.4. The molecule has 0 radical (unpaired) electrons. The highest BCUT2D eigenvalue weighted by Crippen LogP contribution is 2.21. The number of hydrogen-bond acceptors (Lipinski definition) is 5. The molecule has 3 N–H and O–H groups in total. The number of benzene rings is 2. The highest BCUT2D eigenvalue weighted by Gasteiger charge is 2.25. The number of carbonyl (C=O) groups is 3. The van der Waals surface area contributed by atoms with Crippen molar-refractivity contribution in [1.82, 2.24) is 15.1 Å². The third kappa shape index (κ3) is 5.90. The molecule has 2 amide bonds. The zero-order chi connectivity index (χ0) is 22.4. The van der Waals surface area contributed by atoms with Crippen LogP contribution in [-0.2, 0) is 9.59 Å². The van der Waals surface area contributed by atoms with Gasteiger partial charge in [-0.2, -0.15) is 0 Å². The molecule has 2 aromatic carbocycles. The van der Waals surface area contributed by atoms with Crippen LogP contribution in [0.15, 0.2) is 48.5 Å². The summed E-state index contributed by atoms with van der Waals surface area (Å²) < 4.78 is 0. The Morgan fingerprint density at radius 1 is 1.00 bits per heavy atom. The van der Waals surface area contributed by atoms with E-state index in [-0.39, 0.29) is 11.6 Å². The summed E-state index contributed by atoms with van der Waals surface area (Å²) in [5.41, 5.74) is 2.10. The van der Waals surface area contributed by atoms with Crippen LogP contribution in [0.4, 0.5) is 5.69 Å². The number of carbonyl (C=O) groups excluding carboxylic acids is 2. The predicted molar refractivity (Wildman–Crippen MR) is 118 cm³/mol. The highest BCUT2D eigenvalue weighted by atomic mass is 16.4. The lowest BCUT2D eigenvalue weighted by molar-refractivity contribution is -0.136. The number of aryl methyl sites for hydroxylation is 1. The maximum atomic E-state index is 12.5. The van der Waals surface area contributed by atoms with Gasteiger partial charge in [-0.25, -0.2) is 4.79 Å². The number of carboxylic acid groups (broad SMARTS) is 1. The van der Waals surface area contributed by atoms with Crippen LogP contribution < -0.4 is 10.6 Å². The normalized spacial score (nSPS) is 15.8. The van der Waals surface area contributed by atoms with Crippen molar-refractivity contribution < 1.29 is 19.5 Å². The van der Waals surface area contributed by atoms with Crippen molar-refractivity contribution in [2.45, 2.75) is 13.0 Å². The van der Waals surface area contributed by atoms with E-state index in [0.29, 0.717) is 17.8 Å². The summed E-state index contributed by atoms with van der Waals surface area (Å²) >= 11 is 0. The highest BCUT2D eigenvalue weighted by molar-refractivity contribution is 6.39. The number of anilines is 1. The first-order chi connectivity index (χ1) is 14.8. The molecule has 1 aliphatic rings. The van der Waals surface area contributed by atoms with E-state index in [1.807, 2.05) is 30.3 Å². The monoisotopic (exact) mass is 424 g/mol. The van der Waals surface area contributed by atoms with Crippen molar-refractivity contribution in [2.75, 3.05) is 45.1 Å². The third-order valence-corrected chi connectivity index (χ3v) is 5.56. The van der Waals surface area contributed by atoms with Crippen molar-refractivity contribution in [3.63, 3.8) is 0 Å². The van der Waals surface area contributed by atoms with Gasteiger partial charge in [-0.15, -0.1) is 0 Å². The van der Waals surface area contributed by atoms with Gasteiger partial charge in [0.15, 0.2) is 0 Å². The molecule has 2 aromatic rings. The van der Waals surface area contributed by atoms with E-state index in [0.717, 1.165) is 31.7 Å². The summed E-state index contributed by atoms with van der Waals surface area (Å²) in [6, 6.07) is 14.3. The minimum absolute atomic E-state index is 0.0382. The second-order valence-corrected chi connectivity index (χ2v) is 7.76. The quantitative estimate of drug-likeness (QED) is 0.611. The van der Waals surface area contributed by atoms with E-state index in [2.05, 4.69) is 27.5 Å². The molecule has 0 saturated carbocycles. The molecule has 1 aliphatic heterocycles. The Morgan fingerprint density at radius 2 is 1.68 bits per heavy atom. The van der Waals surface area contributed by atoms with Gasteiger partial charge in [0.25, 0.3) is 0 Å². The van der Waals surface area contributed by atoms with Gasteiger partial charge in [0.05, 0.1) is 11.6 Å². The number of rotatable bonds is 6. The third-order valence-electron chi connectivity index (χ3n) is 5.56. The van der Waals surface area contributed by atoms with Gasteiger partial charge in [-0.1, -0.05) is 36.4 Å². The first kappa shape index (κ1) is 22.5. The van der Waals surface area contributed by atoms with Crippen LogP contribution in [-0.4, -0.2) is 72.5 Å². The van der Waals surface area contributed by atoms with Gasteiger partial charge in [-0.3, -0.25) is 14.5 Å². The summed E-state index contributed by atoms with van der Waals surface area (Å²) in [4.78, 5) is 40.6. The molecule has 1 fully saturated rings. The zero-order valence-electron chi connectivity index (χ0n) is 17.8. The van der Waals surface area contributed by atoms with Crippen molar-refractivity contribution in [2.24, 2.45) is 0 Å². The summed E-state index contributed by atoms with van der Waals surface area (Å²) in [6.07, 6.45) is 0. The van der Waals surface area contributed by atoms with E-state index >= 15 is 0 Å². The second kappa shape index (κ2) is 10.2. The fraction of sp³-hybridized carbons (Fsp3) is 0.348. The predicted octanol–water partition coefficient (Wildman–Crippen LogP) is 1.74. The number of likely N-dealkylation sites (N-methyl/N-ethyl adjacent to an activating group) is 1. The summed E-state index contributed by atoms with van der Waals surface area (Å²) in [6.45, 7) is 5.67. The zero-order valence-corrected chi connectivity index (χ0v) is 17.8. The number of nitrogens with one attached hydrogen (secondary N) is 2. The van der Waals surface area contributed by atoms with Crippen LogP contribution in [0.5, 0.6) is 0 Å². The molecule has 0 bridgehead atoms. The Balaban J connectivity index is 1.66. The van der Waals surface area contributed by atoms with Crippen molar-refractivity contribution >= 4 is 23.5 Å². The van der Waals surface area contributed by atoms with Crippen molar-refractivity contribution in [3.8, 4) is 0 Å². The van der Waals surface area contributed by atoms with Gasteiger partial charge in [0.2, 0.25) is 0 Å². The Morgan fingerprint density at radius 3 is 2.32 bits per heavy atom. The molecule has 0 aliphatic carbocycles. The second-order valence-electron chi connectivity index (χ2n) is 7.76. The average molecular weight is 425 g/mol. The summed E-state index contributed by atoms with van der Waals surface area (Å²) in [5.74, 6) is -2.68. The van der Waals surface area contributed by atoms with Crippen LogP contribution in [0.1, 0.15) is 27.5 Å². The molecule has 1 heterocycles. The molecule has 31 heavy (non-hydrogen) atoms. The van der Waals surface area contributed by atoms with Gasteiger partial charge in [-0.05, 0) is 37.2 Å². The molecular weight excluding hydrogens is 396 g/mol. The Kier molecular flexibility index (Phi) is 7.38. The van der Waals surface area contributed by atoms with Gasteiger partial charge in [0.1, 0.15) is 0 Å². The van der Waals surface area contributed by atoms with Crippen molar-refractivity contribution in [3.05, 3.63) is 65.2 Å². The molecular formula is C23H28N4O4. The van der Waals surface area contributed by atoms with Crippen LogP contribution >= 0.6 is 0 Å². The van der Waals surface area contributed by atoms with E-state index in [1.165, 1.54) is 12.1 Å². The van der Waals surface area contributed by atoms with Crippen LogP contribution in [0.2, 0.25) is 0 Å². The molecule has 1 atom stereocenters. The molecule has 8 heteroatoms. The first-order valence-corrected chi connectivity index (χ1v) is 10.3. The molecule has 0 spiro atoms. The van der Waals surface area contributed by atoms with Gasteiger partial charge < -0.3 is 20.6 Å². The SMILES string of the molecule is Cc1ccc(C(=O)O)cc1NC(=O)C(=O)NCC(c1ccccc1)N1CCN(C)CC1. The minimum Gasteiger partial charge on any atom is -0.478 e. The van der Waals surface area contributed by atoms with Gasteiger partial charge >= 0.3 is 17.8 Å². The lowest BCUT2D eigenvalue weighted by Crippen LogP contribution is -2.49. The van der Waals surface area contributed by atoms with Crippen molar-refractivity contribution in [1.29, 1.82) is 0 Å². The minimum atomic E-state index is -1.10. The summed E-state index contributed by atoms with van der Waals surface area (Å²) in [7, 11) is 2.09. The molecule has 1 unspecified atom stereocenters. The number of carboxylic acids is 1. The van der Waals surface area contributed by atoms with E-state index in [9.17, 15) is 14.4 Å². The average Bonchev–Trinajstić information content (AvgIpc) is 2.77. The number of hydrogen-bond donors (Lipinski definition) is 3. The maximum Gasteiger partial charge on any atom is 0.335 e. The maximum absolute atomic E-state index is 12.5. The smallest absolute Gasteiger partial charge is 0.335 e. The number of piperazine rings is 1. The molecule has 0 aromatic heterocycles. The van der Waals surface area contributed by atoms with E-state index < -0.39 is 17.8 Å². The van der Waals surface area contributed by atoms with Gasteiger partial charge in [0, 0.05) is 38.4 Å². The van der Waals surface area contributed by atoms with Crippen LogP contribution in [0.3, 0.4) is 0 Å². The Bertz CT molecular complexity index is 940. The number of amides is 2. The number of nitrogens with zero attached hydrogens (tertiary/aromatic N) is 2. The Hall–Kier alpha value is -3.23. The van der Waals surface area contributed by atoms with E-state index in [1.54, 1.807) is 13.0 Å². The first-order valence-electron chi connectivity index (χ1n) is 10.3. The fourth-order valence-electron chi connectivity index (χ4n) is 3.60. The van der Waals surface area contributed by atoms with Crippen LogP contribution in [0.25, 0.3) is 0 Å². The molecule has 3 rings (SSSR count). The lowest BCUT2D eigenvalue weighted by Gasteiger charge is -2.38. The lowest BCUT2D eigenvalue weighted by atomic mass is 10.0. The molecule has 1 saturated heterocycles. The molecule has 8 nitrogen and oxygen atoms in total. The topological polar surface area (TPSA) is 102 Å². The standard InChI is InChI=1S/C23H28N4O4/c1-16-8-9-18(23(30)31)14-19(16)25-22(29)21(28)24-15-20(17-6-4-3-5-7-17)27-12-10-26(2)11-13-27/h3-9,14,20H,10-13,15H2,1-2H3,(H,24,28)(H,25,29)(H,30,31). The largest absolute Gasteiger partial charge is 0.478 e. The molecule has 164 valence electrons. The Labute approximate surface area is 181 Å².